The summed E-state index contributed by atoms with van der Waals surface area (Å²) >= 11 is 2.94. The Labute approximate surface area is 263 Å². The Morgan fingerprint density at radius 1 is 1.02 bits per heavy atom. The van der Waals surface area contributed by atoms with Crippen molar-refractivity contribution in [2.24, 2.45) is 0 Å². The summed E-state index contributed by atoms with van der Waals surface area (Å²) in [6.07, 6.45) is 3.90. The molecular weight excluding hydrogens is 599 g/mol. The van der Waals surface area contributed by atoms with Crippen molar-refractivity contribution in [2.45, 2.75) is 35.8 Å². The van der Waals surface area contributed by atoms with Crippen LogP contribution in [-0.4, -0.2) is 51.9 Å². The van der Waals surface area contributed by atoms with Crippen molar-refractivity contribution in [3.8, 4) is 5.75 Å². The minimum atomic E-state index is -0.721. The third-order valence-corrected chi connectivity index (χ3v) is 9.74. The van der Waals surface area contributed by atoms with Gasteiger partial charge in [-0.2, -0.15) is 0 Å². The van der Waals surface area contributed by atoms with Gasteiger partial charge in [-0.15, -0.1) is 11.8 Å². The minimum absolute atomic E-state index is 0.0386. The van der Waals surface area contributed by atoms with Crippen LogP contribution in [0.2, 0.25) is 0 Å². The molecule has 9 nitrogen and oxygen atoms in total. The molecule has 0 radical (unpaired) electrons. The molecule has 0 unspecified atom stereocenters. The number of nitrogens with zero attached hydrogens (tertiary/aromatic N) is 2. The average molecular weight is 628 g/mol. The van der Waals surface area contributed by atoms with Crippen LogP contribution >= 0.6 is 23.5 Å². The Bertz CT molecular complexity index is 1660. The molecule has 0 saturated carbocycles. The number of ether oxygens (including phenoxy) is 2. The van der Waals surface area contributed by atoms with Gasteiger partial charge in [-0.1, -0.05) is 66.4 Å². The van der Waals surface area contributed by atoms with E-state index in [-0.39, 0.29) is 30.5 Å². The lowest BCUT2D eigenvalue weighted by atomic mass is 10.0. The first-order chi connectivity index (χ1) is 21.5. The van der Waals surface area contributed by atoms with E-state index >= 15 is 0 Å². The highest BCUT2D eigenvalue weighted by molar-refractivity contribution is 8.06. The van der Waals surface area contributed by atoms with Crippen LogP contribution in [0.1, 0.15) is 22.6 Å². The predicted octanol–water partition coefficient (Wildman–Crippen LogP) is 4.96. The van der Waals surface area contributed by atoms with Gasteiger partial charge in [0.05, 0.1) is 19.7 Å². The monoisotopic (exact) mass is 627 g/mol. The molecule has 2 aliphatic rings. The van der Waals surface area contributed by atoms with Crippen molar-refractivity contribution in [3.63, 3.8) is 0 Å². The molecule has 224 valence electrons. The van der Waals surface area contributed by atoms with Gasteiger partial charge in [0.1, 0.15) is 35.7 Å². The first-order valence-electron chi connectivity index (χ1n) is 13.9. The van der Waals surface area contributed by atoms with Gasteiger partial charge in [0.15, 0.2) is 5.89 Å². The number of thioether (sulfide) groups is 2. The SMILES string of the molecule is COc1ccc(COC(=O)C2=C(Sc3ccc(Cc4ncco4)cc3)CS[C@H]3[C@H](NC(=O)Cc4ccccc4)C(=O)N23)cc1. The number of β-lactam (4-membered cyclic amide) rings is 1. The lowest BCUT2D eigenvalue weighted by molar-refractivity contribution is -0.153. The summed E-state index contributed by atoms with van der Waals surface area (Å²) in [5.74, 6) is 0.649. The fraction of sp³-hybridized carbons (Fsp3) is 0.212. The molecule has 44 heavy (non-hydrogen) atoms. The first-order valence-corrected chi connectivity index (χ1v) is 15.8. The molecule has 11 heteroatoms. The number of oxazole rings is 1. The molecule has 0 bridgehead atoms. The number of rotatable bonds is 11. The lowest BCUT2D eigenvalue weighted by Crippen LogP contribution is -2.70. The third-order valence-electron chi connectivity index (χ3n) is 7.18. The molecule has 4 aromatic rings. The van der Waals surface area contributed by atoms with Crippen LogP contribution in [0.25, 0.3) is 0 Å². The van der Waals surface area contributed by atoms with E-state index in [1.165, 1.54) is 28.4 Å². The second kappa shape index (κ2) is 13.4. The number of carbonyl (C=O) groups is 3. The molecule has 3 heterocycles. The summed E-state index contributed by atoms with van der Waals surface area (Å²) < 4.78 is 16.3. The molecule has 2 atom stereocenters. The van der Waals surface area contributed by atoms with Gasteiger partial charge >= 0.3 is 5.97 Å². The van der Waals surface area contributed by atoms with Gasteiger partial charge < -0.3 is 19.2 Å². The smallest absolute Gasteiger partial charge is 0.356 e. The molecule has 2 aliphatic heterocycles. The van der Waals surface area contributed by atoms with Crippen LogP contribution in [0.5, 0.6) is 5.75 Å². The van der Waals surface area contributed by atoms with Crippen molar-refractivity contribution < 1.29 is 28.3 Å². The molecule has 1 fully saturated rings. The van der Waals surface area contributed by atoms with E-state index in [1.807, 2.05) is 66.7 Å². The number of carbonyl (C=O) groups excluding carboxylic acids is 3. The summed E-state index contributed by atoms with van der Waals surface area (Å²) in [5, 5.41) is 2.47. The normalized spacial score (nSPS) is 17.5. The zero-order chi connectivity index (χ0) is 30.5. The van der Waals surface area contributed by atoms with Crippen LogP contribution in [0, 0.1) is 0 Å². The van der Waals surface area contributed by atoms with Crippen molar-refractivity contribution in [1.29, 1.82) is 0 Å². The third kappa shape index (κ3) is 6.68. The summed E-state index contributed by atoms with van der Waals surface area (Å²) in [6.45, 7) is 0.0386. The number of esters is 1. The van der Waals surface area contributed by atoms with Gasteiger partial charge in [-0.3, -0.25) is 14.5 Å². The largest absolute Gasteiger partial charge is 0.497 e. The van der Waals surface area contributed by atoms with Crippen LogP contribution in [0.15, 0.2) is 111 Å². The van der Waals surface area contributed by atoms with E-state index in [4.69, 9.17) is 13.9 Å². The summed E-state index contributed by atoms with van der Waals surface area (Å²) in [6, 6.07) is 23.8. The van der Waals surface area contributed by atoms with Crippen molar-refractivity contribution in [3.05, 3.63) is 125 Å². The number of amides is 2. The molecule has 1 aromatic heterocycles. The molecule has 0 spiro atoms. The van der Waals surface area contributed by atoms with Gasteiger partial charge in [-0.05, 0) is 41.0 Å². The summed E-state index contributed by atoms with van der Waals surface area (Å²) in [7, 11) is 1.59. The van der Waals surface area contributed by atoms with E-state index in [2.05, 4.69) is 10.3 Å². The van der Waals surface area contributed by atoms with Crippen molar-refractivity contribution >= 4 is 41.3 Å². The maximum atomic E-state index is 13.6. The zero-order valence-corrected chi connectivity index (χ0v) is 25.4. The Morgan fingerprint density at radius 2 is 1.77 bits per heavy atom. The van der Waals surface area contributed by atoms with E-state index in [9.17, 15) is 14.4 Å². The van der Waals surface area contributed by atoms with Crippen LogP contribution in [-0.2, 0) is 38.6 Å². The number of benzene rings is 3. The molecule has 0 aliphatic carbocycles. The van der Waals surface area contributed by atoms with Crippen molar-refractivity contribution in [1.82, 2.24) is 15.2 Å². The molecular formula is C33H29N3O6S2. The fourth-order valence-electron chi connectivity index (χ4n) is 4.94. The number of aromatic nitrogens is 1. The topological polar surface area (TPSA) is 111 Å². The van der Waals surface area contributed by atoms with Crippen LogP contribution in [0.3, 0.4) is 0 Å². The number of hydrogen-bond donors (Lipinski definition) is 1. The quantitative estimate of drug-likeness (QED) is 0.182. The Hall–Kier alpha value is -4.48. The predicted molar refractivity (Wildman–Crippen MR) is 167 cm³/mol. The first kappa shape index (κ1) is 29.6. The van der Waals surface area contributed by atoms with Crippen LogP contribution in [0.4, 0.5) is 0 Å². The second-order valence-corrected chi connectivity index (χ2v) is 12.4. The van der Waals surface area contributed by atoms with Gasteiger partial charge in [0, 0.05) is 22.0 Å². The summed E-state index contributed by atoms with van der Waals surface area (Å²) in [4.78, 5) is 47.1. The van der Waals surface area contributed by atoms with Crippen molar-refractivity contribution in [2.75, 3.05) is 12.9 Å². The molecule has 2 amide bonds. The second-order valence-electron chi connectivity index (χ2n) is 10.2. The molecule has 3 aromatic carbocycles. The fourth-order valence-corrected chi connectivity index (χ4v) is 7.41. The number of nitrogens with one attached hydrogen (secondary N) is 1. The highest BCUT2D eigenvalue weighted by Crippen LogP contribution is 2.45. The minimum Gasteiger partial charge on any atom is -0.497 e. The zero-order valence-electron chi connectivity index (χ0n) is 23.8. The van der Waals surface area contributed by atoms with Gasteiger partial charge in [0.25, 0.3) is 5.91 Å². The van der Waals surface area contributed by atoms with E-state index in [1.54, 1.807) is 31.7 Å². The highest BCUT2D eigenvalue weighted by Gasteiger charge is 2.54. The van der Waals surface area contributed by atoms with Gasteiger partial charge in [0.2, 0.25) is 5.91 Å². The number of fused-ring (bicyclic) bond motifs is 1. The van der Waals surface area contributed by atoms with E-state index in [0.29, 0.717) is 28.7 Å². The van der Waals surface area contributed by atoms with Gasteiger partial charge in [-0.25, -0.2) is 9.78 Å². The summed E-state index contributed by atoms with van der Waals surface area (Å²) in [5.41, 5.74) is 2.90. The Balaban J connectivity index is 1.19. The lowest BCUT2D eigenvalue weighted by Gasteiger charge is -2.49. The maximum Gasteiger partial charge on any atom is 0.356 e. The van der Waals surface area contributed by atoms with E-state index in [0.717, 1.165) is 21.6 Å². The molecule has 6 rings (SSSR count). The standard InChI is InChI=1S/C33H29N3O6S2/c1-40-24-11-7-23(8-12-24)19-42-33(39)30-26(44-25-13-9-22(10-14-25)18-28-34-15-16-41-28)20-43-32-29(31(38)36(30)32)35-27(37)17-21-5-3-2-4-6-21/h2-16,29,32H,17-20H2,1H3,(H,35,37)/t29-,32+/m1/s1. The highest BCUT2D eigenvalue weighted by atomic mass is 32.2. The maximum absolute atomic E-state index is 13.6. The molecule has 1 saturated heterocycles. The van der Waals surface area contributed by atoms with E-state index < -0.39 is 17.4 Å². The number of methoxy groups -OCH3 is 1. The Morgan fingerprint density at radius 3 is 2.48 bits per heavy atom. The molecule has 1 N–H and O–H groups in total. The number of hydrogen-bond acceptors (Lipinski definition) is 9. The Kier molecular flexibility index (Phi) is 9.04. The van der Waals surface area contributed by atoms with Crippen LogP contribution < -0.4 is 10.1 Å². The average Bonchev–Trinajstić information content (AvgIpc) is 3.57.